The number of hydrogen-bond donors (Lipinski definition) is 0. The number of Topliss-reactive ketones (excluding diaryl/α,β-unsaturated/α-hetero) is 1. The highest BCUT2D eigenvalue weighted by Gasteiger charge is 2.08. The van der Waals surface area contributed by atoms with Gasteiger partial charge in [0.1, 0.15) is 11.9 Å². The first-order chi connectivity index (χ1) is 7.13. The number of aryl methyl sites for hydroxylation is 2. The van der Waals surface area contributed by atoms with Crippen molar-refractivity contribution in [3.8, 4) is 6.07 Å². The highest BCUT2D eigenvalue weighted by Crippen LogP contribution is 2.16. The Morgan fingerprint density at radius 3 is 2.93 bits per heavy atom. The van der Waals surface area contributed by atoms with Crippen molar-refractivity contribution in [3.05, 3.63) is 29.6 Å². The molecule has 0 aliphatic carbocycles. The summed E-state index contributed by atoms with van der Waals surface area (Å²) in [7, 11) is 1.91. The van der Waals surface area contributed by atoms with Gasteiger partial charge < -0.3 is 4.57 Å². The van der Waals surface area contributed by atoms with Gasteiger partial charge in [-0.2, -0.15) is 5.26 Å². The Bertz CT molecular complexity index is 590. The van der Waals surface area contributed by atoms with E-state index in [1.54, 1.807) is 24.3 Å². The molecule has 4 heteroatoms. The number of benzene rings is 1. The van der Waals surface area contributed by atoms with Gasteiger partial charge >= 0.3 is 0 Å². The minimum Gasteiger partial charge on any atom is -0.331 e. The minimum atomic E-state index is -0.528. The maximum absolute atomic E-state index is 11.2. The number of nitriles is 1. The SMILES string of the molecule is Cc1nc2cc(C(=O)C#N)ccc2n1C. The maximum atomic E-state index is 11.2. The molecule has 1 aromatic heterocycles. The van der Waals surface area contributed by atoms with Crippen molar-refractivity contribution in [3.63, 3.8) is 0 Å². The normalized spacial score (nSPS) is 10.2. The zero-order valence-electron chi connectivity index (χ0n) is 8.48. The monoisotopic (exact) mass is 199 g/mol. The van der Waals surface area contributed by atoms with E-state index in [4.69, 9.17) is 5.26 Å². The smallest absolute Gasteiger partial charge is 0.262 e. The molecule has 0 fully saturated rings. The van der Waals surface area contributed by atoms with Crippen LogP contribution in [0.5, 0.6) is 0 Å². The van der Waals surface area contributed by atoms with Crippen LogP contribution >= 0.6 is 0 Å². The van der Waals surface area contributed by atoms with Crippen LogP contribution in [0.15, 0.2) is 18.2 Å². The third-order valence-electron chi connectivity index (χ3n) is 2.47. The fraction of sp³-hybridized carbons (Fsp3) is 0.182. The van der Waals surface area contributed by atoms with Crippen LogP contribution in [0.3, 0.4) is 0 Å². The summed E-state index contributed by atoms with van der Waals surface area (Å²) in [6, 6.07) is 6.69. The van der Waals surface area contributed by atoms with Crippen molar-refractivity contribution in [2.24, 2.45) is 7.05 Å². The number of aromatic nitrogens is 2. The lowest BCUT2D eigenvalue weighted by Gasteiger charge is -1.96. The van der Waals surface area contributed by atoms with E-state index in [2.05, 4.69) is 4.98 Å². The molecule has 15 heavy (non-hydrogen) atoms. The predicted octanol–water partition coefficient (Wildman–Crippen LogP) is 1.59. The maximum Gasteiger partial charge on any atom is 0.262 e. The summed E-state index contributed by atoms with van der Waals surface area (Å²) < 4.78 is 1.94. The average Bonchev–Trinajstić information content (AvgIpc) is 2.53. The summed E-state index contributed by atoms with van der Waals surface area (Å²) in [6.07, 6.45) is 0. The van der Waals surface area contributed by atoms with Gasteiger partial charge in [0.05, 0.1) is 11.0 Å². The van der Waals surface area contributed by atoms with Gasteiger partial charge in [-0.3, -0.25) is 4.79 Å². The molecular formula is C11H9N3O. The van der Waals surface area contributed by atoms with Crippen LogP contribution in [0, 0.1) is 18.3 Å². The van der Waals surface area contributed by atoms with Crippen molar-refractivity contribution in [2.75, 3.05) is 0 Å². The molecule has 2 aromatic rings. The fourth-order valence-corrected chi connectivity index (χ4v) is 1.53. The molecule has 0 bridgehead atoms. The number of fused-ring (bicyclic) bond motifs is 1. The summed E-state index contributed by atoms with van der Waals surface area (Å²) in [5.74, 6) is 0.353. The third kappa shape index (κ3) is 1.38. The molecule has 4 nitrogen and oxygen atoms in total. The number of hydrogen-bond acceptors (Lipinski definition) is 3. The molecule has 0 aliphatic rings. The quantitative estimate of drug-likeness (QED) is 0.517. The van der Waals surface area contributed by atoms with Crippen LogP contribution in [-0.4, -0.2) is 15.3 Å². The Balaban J connectivity index is 2.68. The Morgan fingerprint density at radius 2 is 2.27 bits per heavy atom. The Morgan fingerprint density at radius 1 is 1.53 bits per heavy atom. The first-order valence-electron chi connectivity index (χ1n) is 4.51. The topological polar surface area (TPSA) is 58.7 Å². The van der Waals surface area contributed by atoms with Gasteiger partial charge in [0.15, 0.2) is 0 Å². The molecule has 0 N–H and O–H groups in total. The lowest BCUT2D eigenvalue weighted by atomic mass is 10.1. The Hall–Kier alpha value is -2.15. The van der Waals surface area contributed by atoms with Crippen LogP contribution < -0.4 is 0 Å². The summed E-state index contributed by atoms with van der Waals surface area (Å²) in [5.41, 5.74) is 2.10. The summed E-state index contributed by atoms with van der Waals surface area (Å²) in [5, 5.41) is 8.49. The summed E-state index contributed by atoms with van der Waals surface area (Å²) in [4.78, 5) is 15.4. The molecule has 0 spiro atoms. The molecule has 2 rings (SSSR count). The minimum absolute atomic E-state index is 0.392. The van der Waals surface area contributed by atoms with Crippen LogP contribution in [0.2, 0.25) is 0 Å². The summed E-state index contributed by atoms with van der Waals surface area (Å²) >= 11 is 0. The van der Waals surface area contributed by atoms with Crippen molar-refractivity contribution in [1.29, 1.82) is 5.26 Å². The summed E-state index contributed by atoms with van der Waals surface area (Å²) in [6.45, 7) is 1.89. The zero-order chi connectivity index (χ0) is 11.0. The molecule has 0 atom stereocenters. The first kappa shape index (κ1) is 9.41. The largest absolute Gasteiger partial charge is 0.331 e. The average molecular weight is 199 g/mol. The van der Waals surface area contributed by atoms with E-state index >= 15 is 0 Å². The molecule has 1 aromatic carbocycles. The molecule has 0 saturated heterocycles. The lowest BCUT2D eigenvalue weighted by Crippen LogP contribution is -1.94. The molecule has 0 saturated carbocycles. The van der Waals surface area contributed by atoms with Crippen molar-refractivity contribution in [2.45, 2.75) is 6.92 Å². The number of nitrogens with zero attached hydrogens (tertiary/aromatic N) is 3. The van der Waals surface area contributed by atoms with E-state index in [0.29, 0.717) is 5.56 Å². The Labute approximate surface area is 86.8 Å². The molecular weight excluding hydrogens is 190 g/mol. The van der Waals surface area contributed by atoms with E-state index in [0.717, 1.165) is 16.9 Å². The van der Waals surface area contributed by atoms with Gasteiger partial charge in [0.25, 0.3) is 5.78 Å². The second-order valence-electron chi connectivity index (χ2n) is 3.36. The van der Waals surface area contributed by atoms with Crippen molar-refractivity contribution < 1.29 is 4.79 Å². The number of imidazole rings is 1. The molecule has 0 unspecified atom stereocenters. The molecule has 0 radical (unpaired) electrons. The van der Waals surface area contributed by atoms with Gasteiger partial charge in [0.2, 0.25) is 0 Å². The first-order valence-corrected chi connectivity index (χ1v) is 4.51. The molecule has 0 aliphatic heterocycles. The third-order valence-corrected chi connectivity index (χ3v) is 2.47. The van der Waals surface area contributed by atoms with Gasteiger partial charge in [-0.25, -0.2) is 4.98 Å². The molecule has 0 amide bonds. The zero-order valence-corrected chi connectivity index (χ0v) is 8.48. The highest BCUT2D eigenvalue weighted by atomic mass is 16.1. The second kappa shape index (κ2) is 3.21. The highest BCUT2D eigenvalue weighted by molar-refractivity contribution is 6.08. The van der Waals surface area contributed by atoms with Crippen LogP contribution in [0.4, 0.5) is 0 Å². The van der Waals surface area contributed by atoms with Crippen LogP contribution in [0.25, 0.3) is 11.0 Å². The van der Waals surface area contributed by atoms with Crippen LogP contribution in [0.1, 0.15) is 16.2 Å². The number of carbonyl (C=O) groups excluding carboxylic acids is 1. The van der Waals surface area contributed by atoms with E-state index in [1.165, 1.54) is 0 Å². The fourth-order valence-electron chi connectivity index (χ4n) is 1.53. The van der Waals surface area contributed by atoms with Gasteiger partial charge in [-0.15, -0.1) is 0 Å². The molecule has 74 valence electrons. The predicted molar refractivity (Wildman–Crippen MR) is 55.4 cm³/mol. The van der Waals surface area contributed by atoms with E-state index in [9.17, 15) is 4.79 Å². The van der Waals surface area contributed by atoms with Gasteiger partial charge in [-0.05, 0) is 25.1 Å². The molecule has 1 heterocycles. The number of ketones is 1. The van der Waals surface area contributed by atoms with Crippen LogP contribution in [-0.2, 0) is 7.05 Å². The van der Waals surface area contributed by atoms with Gasteiger partial charge in [0, 0.05) is 12.6 Å². The van der Waals surface area contributed by atoms with E-state index < -0.39 is 5.78 Å². The number of carbonyl (C=O) groups is 1. The second-order valence-corrected chi connectivity index (χ2v) is 3.36. The van der Waals surface area contributed by atoms with Crippen molar-refractivity contribution in [1.82, 2.24) is 9.55 Å². The lowest BCUT2D eigenvalue weighted by molar-refractivity contribution is 0.105. The van der Waals surface area contributed by atoms with E-state index in [1.807, 2.05) is 18.5 Å². The van der Waals surface area contributed by atoms with Gasteiger partial charge in [-0.1, -0.05) is 0 Å². The van der Waals surface area contributed by atoms with Crippen molar-refractivity contribution >= 4 is 16.8 Å². The van der Waals surface area contributed by atoms with E-state index in [-0.39, 0.29) is 0 Å². The number of rotatable bonds is 1. The standard InChI is InChI=1S/C11H9N3O/c1-7-13-9-5-8(11(15)6-12)3-4-10(9)14(7)2/h3-5H,1-2H3. The Kier molecular flexibility index (Phi) is 2.01.